The maximum atomic E-state index is 12.4. The number of hydrogen-bond acceptors (Lipinski definition) is 3. The summed E-state index contributed by atoms with van der Waals surface area (Å²) >= 11 is 0. The van der Waals surface area contributed by atoms with E-state index in [1.165, 1.54) is 17.5 Å². The molecule has 2 aromatic carbocycles. The Balaban J connectivity index is 1.51. The Kier molecular flexibility index (Phi) is 5.66. The molecule has 0 spiro atoms. The molecule has 0 saturated heterocycles. The van der Waals surface area contributed by atoms with Gasteiger partial charge in [-0.05, 0) is 54.5 Å². The minimum absolute atomic E-state index is 0.270. The molecule has 0 radical (unpaired) electrons. The maximum Gasteiger partial charge on any atom is 0.240 e. The minimum atomic E-state index is -3.47. The average Bonchev–Trinajstić information content (AvgIpc) is 2.62. The SMILES string of the molecule is O=S(=O)(NCCOCc1ccccc1)c1ccc2c(c1)CCCC2. The molecule has 0 saturated carbocycles. The predicted octanol–water partition coefficient (Wildman–Crippen LogP) is 3.06. The Morgan fingerprint density at radius 2 is 1.71 bits per heavy atom. The second-order valence-electron chi connectivity index (χ2n) is 6.07. The highest BCUT2D eigenvalue weighted by molar-refractivity contribution is 7.89. The van der Waals surface area contributed by atoms with Crippen molar-refractivity contribution in [1.29, 1.82) is 0 Å². The zero-order valence-electron chi connectivity index (χ0n) is 13.7. The minimum Gasteiger partial charge on any atom is -0.375 e. The normalized spacial score (nSPS) is 14.3. The second kappa shape index (κ2) is 7.92. The van der Waals surface area contributed by atoms with Crippen molar-refractivity contribution in [2.75, 3.05) is 13.2 Å². The van der Waals surface area contributed by atoms with E-state index in [1.807, 2.05) is 42.5 Å². The molecule has 0 unspecified atom stereocenters. The van der Waals surface area contributed by atoms with Crippen LogP contribution in [0.25, 0.3) is 0 Å². The molecule has 0 fully saturated rings. The van der Waals surface area contributed by atoms with Gasteiger partial charge in [0.1, 0.15) is 0 Å². The molecule has 5 heteroatoms. The van der Waals surface area contributed by atoms with E-state index in [0.717, 1.165) is 24.8 Å². The second-order valence-corrected chi connectivity index (χ2v) is 7.84. The summed E-state index contributed by atoms with van der Waals surface area (Å²) < 4.78 is 32.9. The van der Waals surface area contributed by atoms with Crippen LogP contribution in [-0.4, -0.2) is 21.6 Å². The van der Waals surface area contributed by atoms with E-state index < -0.39 is 10.0 Å². The number of fused-ring (bicyclic) bond motifs is 1. The number of nitrogens with one attached hydrogen (secondary N) is 1. The van der Waals surface area contributed by atoms with Crippen LogP contribution in [0.2, 0.25) is 0 Å². The third kappa shape index (κ3) is 4.44. The first-order chi connectivity index (χ1) is 11.6. The zero-order chi connectivity index (χ0) is 16.8. The van der Waals surface area contributed by atoms with E-state index in [4.69, 9.17) is 4.74 Å². The van der Waals surface area contributed by atoms with Crippen LogP contribution in [0.3, 0.4) is 0 Å². The fraction of sp³-hybridized carbons (Fsp3) is 0.368. The fourth-order valence-electron chi connectivity index (χ4n) is 2.97. The topological polar surface area (TPSA) is 55.4 Å². The summed E-state index contributed by atoms with van der Waals surface area (Å²) in [6, 6.07) is 15.3. The van der Waals surface area contributed by atoms with Crippen molar-refractivity contribution >= 4 is 10.0 Å². The van der Waals surface area contributed by atoms with Crippen LogP contribution in [0.4, 0.5) is 0 Å². The number of aryl methyl sites for hydroxylation is 2. The lowest BCUT2D eigenvalue weighted by Crippen LogP contribution is -2.27. The van der Waals surface area contributed by atoms with Crippen LogP contribution in [-0.2, 0) is 34.2 Å². The number of ether oxygens (including phenoxy) is 1. The van der Waals surface area contributed by atoms with E-state index in [9.17, 15) is 8.42 Å². The largest absolute Gasteiger partial charge is 0.375 e. The highest BCUT2D eigenvalue weighted by atomic mass is 32.2. The van der Waals surface area contributed by atoms with Gasteiger partial charge < -0.3 is 4.74 Å². The Labute approximate surface area is 143 Å². The smallest absolute Gasteiger partial charge is 0.240 e. The third-order valence-corrected chi connectivity index (χ3v) is 5.74. The third-order valence-electron chi connectivity index (χ3n) is 4.28. The number of hydrogen-bond donors (Lipinski definition) is 1. The molecule has 2 aromatic rings. The summed E-state index contributed by atoms with van der Waals surface area (Å²) in [5, 5.41) is 0. The molecular weight excluding hydrogens is 322 g/mol. The van der Waals surface area contributed by atoms with E-state index in [1.54, 1.807) is 6.07 Å². The van der Waals surface area contributed by atoms with Crippen LogP contribution < -0.4 is 4.72 Å². The highest BCUT2D eigenvalue weighted by Gasteiger charge is 2.17. The summed E-state index contributed by atoms with van der Waals surface area (Å²) in [4.78, 5) is 0.353. The molecule has 0 aromatic heterocycles. The Hall–Kier alpha value is -1.69. The summed E-state index contributed by atoms with van der Waals surface area (Å²) in [6.45, 7) is 1.10. The van der Waals surface area contributed by atoms with Gasteiger partial charge in [-0.3, -0.25) is 0 Å². The molecular formula is C19H23NO3S. The molecule has 1 aliphatic rings. The van der Waals surface area contributed by atoms with Crippen molar-refractivity contribution in [3.63, 3.8) is 0 Å². The van der Waals surface area contributed by atoms with Gasteiger partial charge in [0.05, 0.1) is 18.1 Å². The fourth-order valence-corrected chi connectivity index (χ4v) is 4.04. The van der Waals surface area contributed by atoms with E-state index in [-0.39, 0.29) is 6.54 Å². The van der Waals surface area contributed by atoms with Gasteiger partial charge in [0, 0.05) is 6.54 Å². The predicted molar refractivity (Wildman–Crippen MR) is 94.4 cm³/mol. The summed E-state index contributed by atoms with van der Waals surface area (Å²) in [7, 11) is -3.47. The van der Waals surface area contributed by atoms with Crippen LogP contribution in [0.1, 0.15) is 29.5 Å². The van der Waals surface area contributed by atoms with Crippen LogP contribution in [0.15, 0.2) is 53.4 Å². The van der Waals surface area contributed by atoms with Gasteiger partial charge >= 0.3 is 0 Å². The van der Waals surface area contributed by atoms with E-state index >= 15 is 0 Å². The van der Waals surface area contributed by atoms with Gasteiger partial charge in [-0.2, -0.15) is 0 Å². The van der Waals surface area contributed by atoms with Gasteiger partial charge in [-0.1, -0.05) is 36.4 Å². The number of benzene rings is 2. The van der Waals surface area contributed by atoms with Crippen molar-refractivity contribution < 1.29 is 13.2 Å². The van der Waals surface area contributed by atoms with Gasteiger partial charge in [0.15, 0.2) is 0 Å². The van der Waals surface area contributed by atoms with Gasteiger partial charge in [0.25, 0.3) is 0 Å². The maximum absolute atomic E-state index is 12.4. The van der Waals surface area contributed by atoms with Crippen LogP contribution in [0.5, 0.6) is 0 Å². The Morgan fingerprint density at radius 1 is 0.958 bits per heavy atom. The number of sulfonamides is 1. The molecule has 3 rings (SSSR count). The summed E-state index contributed by atoms with van der Waals surface area (Å²) in [6.07, 6.45) is 4.35. The molecule has 0 bridgehead atoms. The van der Waals surface area contributed by atoms with Crippen LogP contribution in [0, 0.1) is 0 Å². The first-order valence-corrected chi connectivity index (χ1v) is 9.87. The van der Waals surface area contributed by atoms with E-state index in [0.29, 0.717) is 18.1 Å². The number of rotatable bonds is 7. The summed E-state index contributed by atoms with van der Waals surface area (Å²) in [5.41, 5.74) is 3.53. The van der Waals surface area contributed by atoms with Crippen molar-refractivity contribution in [2.45, 2.75) is 37.2 Å². The molecule has 0 atom stereocenters. The molecule has 128 valence electrons. The molecule has 0 amide bonds. The van der Waals surface area contributed by atoms with Crippen molar-refractivity contribution in [1.82, 2.24) is 4.72 Å². The van der Waals surface area contributed by atoms with Crippen molar-refractivity contribution in [3.8, 4) is 0 Å². The standard InChI is InChI=1S/C19H23NO3S/c21-24(22,19-11-10-17-8-4-5-9-18(17)14-19)20-12-13-23-15-16-6-2-1-3-7-16/h1-3,6-7,10-11,14,20H,4-5,8-9,12-13,15H2. The molecule has 1 N–H and O–H groups in total. The van der Waals surface area contributed by atoms with E-state index in [2.05, 4.69) is 4.72 Å². The Bertz CT molecular complexity index is 772. The van der Waals surface area contributed by atoms with Gasteiger partial charge in [0.2, 0.25) is 10.0 Å². The average molecular weight is 345 g/mol. The molecule has 0 heterocycles. The quantitative estimate of drug-likeness (QED) is 0.785. The van der Waals surface area contributed by atoms with Crippen molar-refractivity contribution in [2.24, 2.45) is 0 Å². The molecule has 4 nitrogen and oxygen atoms in total. The lowest BCUT2D eigenvalue weighted by molar-refractivity contribution is 0.126. The van der Waals surface area contributed by atoms with Gasteiger partial charge in [-0.15, -0.1) is 0 Å². The lowest BCUT2D eigenvalue weighted by Gasteiger charge is -2.16. The molecule has 1 aliphatic carbocycles. The van der Waals surface area contributed by atoms with Crippen LogP contribution >= 0.6 is 0 Å². The highest BCUT2D eigenvalue weighted by Crippen LogP contribution is 2.23. The monoisotopic (exact) mass is 345 g/mol. The first kappa shape index (κ1) is 17.1. The zero-order valence-corrected chi connectivity index (χ0v) is 14.5. The van der Waals surface area contributed by atoms with Crippen molar-refractivity contribution in [3.05, 3.63) is 65.2 Å². The molecule has 0 aliphatic heterocycles. The molecule has 24 heavy (non-hydrogen) atoms. The van der Waals surface area contributed by atoms with Gasteiger partial charge in [-0.25, -0.2) is 13.1 Å². The Morgan fingerprint density at radius 3 is 2.50 bits per heavy atom. The first-order valence-electron chi connectivity index (χ1n) is 8.38. The summed E-state index contributed by atoms with van der Waals surface area (Å²) in [5.74, 6) is 0. The lowest BCUT2D eigenvalue weighted by atomic mass is 9.92.